The van der Waals surface area contributed by atoms with Crippen LogP contribution < -0.4 is 0 Å². The highest BCUT2D eigenvalue weighted by Crippen LogP contribution is 2.15. The van der Waals surface area contributed by atoms with Gasteiger partial charge in [-0.15, -0.1) is 0 Å². The molecule has 1 heterocycles. The van der Waals surface area contributed by atoms with E-state index in [1.54, 1.807) is 6.20 Å². The molecule has 1 aromatic heterocycles. The third-order valence-corrected chi connectivity index (χ3v) is 2.48. The van der Waals surface area contributed by atoms with E-state index in [1.807, 2.05) is 19.9 Å². The third kappa shape index (κ3) is 3.05. The van der Waals surface area contributed by atoms with Crippen molar-refractivity contribution in [2.24, 2.45) is 0 Å². The summed E-state index contributed by atoms with van der Waals surface area (Å²) in [5.41, 5.74) is 2.46. The second-order valence-corrected chi connectivity index (χ2v) is 3.77. The van der Waals surface area contributed by atoms with Gasteiger partial charge in [0.1, 0.15) is 0 Å². The van der Waals surface area contributed by atoms with E-state index in [-0.39, 0.29) is 5.97 Å². The number of ether oxygens (including phenoxy) is 1. The molecule has 0 radical (unpaired) electrons. The van der Waals surface area contributed by atoms with Crippen LogP contribution in [0.3, 0.4) is 0 Å². The number of pyridine rings is 1. The minimum atomic E-state index is -0.251. The zero-order valence-corrected chi connectivity index (χ0v) is 10.2. The van der Waals surface area contributed by atoms with Gasteiger partial charge in [-0.3, -0.25) is 4.98 Å². The third-order valence-electron chi connectivity index (χ3n) is 2.48. The van der Waals surface area contributed by atoms with Crippen molar-refractivity contribution in [2.45, 2.75) is 40.0 Å². The average molecular weight is 221 g/mol. The van der Waals surface area contributed by atoms with E-state index in [0.717, 1.165) is 30.5 Å². The molecule has 0 aliphatic rings. The van der Waals surface area contributed by atoms with Gasteiger partial charge < -0.3 is 4.74 Å². The maximum atomic E-state index is 11.8. The fourth-order valence-electron chi connectivity index (χ4n) is 1.63. The number of rotatable bonds is 5. The number of aryl methyl sites for hydroxylation is 2. The van der Waals surface area contributed by atoms with E-state index in [2.05, 4.69) is 11.9 Å². The summed E-state index contributed by atoms with van der Waals surface area (Å²) in [4.78, 5) is 16.1. The van der Waals surface area contributed by atoms with Gasteiger partial charge in [-0.1, -0.05) is 13.3 Å². The Balaban J connectivity index is 2.98. The molecule has 0 unspecified atom stereocenters. The van der Waals surface area contributed by atoms with Gasteiger partial charge in [0.2, 0.25) is 0 Å². The van der Waals surface area contributed by atoms with Crippen molar-refractivity contribution in [1.82, 2.24) is 4.98 Å². The van der Waals surface area contributed by atoms with Gasteiger partial charge in [0.15, 0.2) is 0 Å². The molecular formula is C13H19NO2. The van der Waals surface area contributed by atoms with E-state index in [1.165, 1.54) is 0 Å². The molecule has 0 N–H and O–H groups in total. The normalized spacial score (nSPS) is 10.2. The average Bonchev–Trinajstić information content (AvgIpc) is 2.26. The molecule has 88 valence electrons. The topological polar surface area (TPSA) is 39.2 Å². The maximum absolute atomic E-state index is 11.8. The van der Waals surface area contributed by atoms with Crippen LogP contribution in [0, 0.1) is 6.92 Å². The zero-order valence-electron chi connectivity index (χ0n) is 10.2. The summed E-state index contributed by atoms with van der Waals surface area (Å²) in [5.74, 6) is -0.251. The van der Waals surface area contributed by atoms with E-state index in [0.29, 0.717) is 12.2 Å². The lowest BCUT2D eigenvalue weighted by Gasteiger charge is -2.10. The zero-order chi connectivity index (χ0) is 12.0. The summed E-state index contributed by atoms with van der Waals surface area (Å²) in [7, 11) is 0. The number of nitrogens with zero attached hydrogens (tertiary/aromatic N) is 1. The largest absolute Gasteiger partial charge is 0.462 e. The summed E-state index contributed by atoms with van der Waals surface area (Å²) in [6, 6.07) is 1.85. The highest BCUT2D eigenvalue weighted by atomic mass is 16.5. The Labute approximate surface area is 96.8 Å². The maximum Gasteiger partial charge on any atom is 0.340 e. The van der Waals surface area contributed by atoms with Crippen molar-refractivity contribution in [3.8, 4) is 0 Å². The molecule has 16 heavy (non-hydrogen) atoms. The van der Waals surface area contributed by atoms with Crippen LogP contribution in [0.4, 0.5) is 0 Å². The van der Waals surface area contributed by atoms with Crippen molar-refractivity contribution in [2.75, 3.05) is 6.61 Å². The Morgan fingerprint density at radius 2 is 2.19 bits per heavy atom. The number of esters is 1. The fraction of sp³-hybridized carbons (Fsp3) is 0.538. The number of hydrogen-bond donors (Lipinski definition) is 0. The first-order valence-corrected chi connectivity index (χ1v) is 5.82. The Morgan fingerprint density at radius 1 is 1.44 bits per heavy atom. The first-order chi connectivity index (χ1) is 7.70. The van der Waals surface area contributed by atoms with Gasteiger partial charge in [0.25, 0.3) is 0 Å². The second-order valence-electron chi connectivity index (χ2n) is 3.77. The van der Waals surface area contributed by atoms with Crippen LogP contribution in [0.15, 0.2) is 12.3 Å². The first-order valence-electron chi connectivity index (χ1n) is 5.82. The van der Waals surface area contributed by atoms with Crippen molar-refractivity contribution in [1.29, 1.82) is 0 Å². The number of aromatic nitrogens is 1. The first kappa shape index (κ1) is 12.7. The minimum Gasteiger partial charge on any atom is -0.462 e. The Hall–Kier alpha value is -1.38. The van der Waals surface area contributed by atoms with Crippen LogP contribution in [-0.2, 0) is 11.2 Å². The van der Waals surface area contributed by atoms with Gasteiger partial charge in [0.05, 0.1) is 17.9 Å². The molecule has 0 fully saturated rings. The predicted octanol–water partition coefficient (Wildman–Crippen LogP) is 2.91. The van der Waals surface area contributed by atoms with Crippen LogP contribution in [0.25, 0.3) is 0 Å². The summed E-state index contributed by atoms with van der Waals surface area (Å²) >= 11 is 0. The number of unbranched alkanes of at least 4 members (excludes halogenated alkanes) is 1. The molecule has 0 saturated heterocycles. The molecule has 0 saturated carbocycles. The van der Waals surface area contributed by atoms with Crippen molar-refractivity contribution in [3.05, 3.63) is 29.1 Å². The molecule has 0 spiro atoms. The highest BCUT2D eigenvalue weighted by Gasteiger charge is 2.15. The summed E-state index contributed by atoms with van der Waals surface area (Å²) in [6.07, 6.45) is 4.73. The summed E-state index contributed by atoms with van der Waals surface area (Å²) in [5, 5.41) is 0. The smallest absolute Gasteiger partial charge is 0.340 e. The van der Waals surface area contributed by atoms with Crippen LogP contribution in [0.2, 0.25) is 0 Å². The van der Waals surface area contributed by atoms with Gasteiger partial charge >= 0.3 is 5.97 Å². The van der Waals surface area contributed by atoms with Gasteiger partial charge in [-0.2, -0.15) is 0 Å². The van der Waals surface area contributed by atoms with Crippen molar-refractivity contribution < 1.29 is 9.53 Å². The van der Waals surface area contributed by atoms with Gasteiger partial charge in [-0.25, -0.2) is 4.79 Å². The molecule has 0 bridgehead atoms. The predicted molar refractivity (Wildman–Crippen MR) is 63.5 cm³/mol. The summed E-state index contributed by atoms with van der Waals surface area (Å²) in [6.45, 7) is 6.26. The molecule has 3 nitrogen and oxygen atoms in total. The van der Waals surface area contributed by atoms with E-state index in [4.69, 9.17) is 4.74 Å². The van der Waals surface area contributed by atoms with Crippen LogP contribution in [0.5, 0.6) is 0 Å². The van der Waals surface area contributed by atoms with Gasteiger partial charge in [0, 0.05) is 6.20 Å². The molecule has 1 rings (SSSR count). The Bertz CT molecular complexity index is 361. The summed E-state index contributed by atoms with van der Waals surface area (Å²) < 4.78 is 5.05. The number of carbonyl (C=O) groups is 1. The lowest BCUT2D eigenvalue weighted by molar-refractivity contribution is 0.0523. The molecular weight excluding hydrogens is 202 g/mol. The quantitative estimate of drug-likeness (QED) is 0.718. The molecule has 3 heteroatoms. The molecule has 1 aromatic rings. The fourth-order valence-corrected chi connectivity index (χ4v) is 1.63. The van der Waals surface area contributed by atoms with E-state index in [9.17, 15) is 4.79 Å². The number of hydrogen-bond acceptors (Lipinski definition) is 3. The number of carbonyl (C=O) groups excluding carboxylic acids is 1. The van der Waals surface area contributed by atoms with Gasteiger partial charge in [-0.05, 0) is 38.3 Å². The molecule has 0 aliphatic carbocycles. The monoisotopic (exact) mass is 221 g/mol. The van der Waals surface area contributed by atoms with Crippen LogP contribution >= 0.6 is 0 Å². The minimum absolute atomic E-state index is 0.251. The van der Waals surface area contributed by atoms with Crippen molar-refractivity contribution >= 4 is 5.97 Å². The Kier molecular flexibility index (Phi) is 4.96. The van der Waals surface area contributed by atoms with Crippen molar-refractivity contribution in [3.63, 3.8) is 0 Å². The highest BCUT2D eigenvalue weighted by molar-refractivity contribution is 5.92. The standard InChI is InChI=1S/C13H19NO2/c1-4-6-7-11-12(13(15)16-5-2)10(3)8-9-14-11/h8-9H,4-7H2,1-3H3. The van der Waals surface area contributed by atoms with E-state index >= 15 is 0 Å². The van der Waals surface area contributed by atoms with Crippen LogP contribution in [-0.4, -0.2) is 17.6 Å². The SMILES string of the molecule is CCCCc1nccc(C)c1C(=O)OCC. The molecule has 0 atom stereocenters. The Morgan fingerprint density at radius 3 is 2.81 bits per heavy atom. The lowest BCUT2D eigenvalue weighted by atomic mass is 10.0. The molecule has 0 aromatic carbocycles. The second kappa shape index (κ2) is 6.26. The van der Waals surface area contributed by atoms with Crippen LogP contribution in [0.1, 0.15) is 48.3 Å². The lowest BCUT2D eigenvalue weighted by Crippen LogP contribution is -2.11. The van der Waals surface area contributed by atoms with E-state index < -0.39 is 0 Å². The molecule has 0 aliphatic heterocycles. The molecule has 0 amide bonds.